The molecular formula is C29H28F3N3O4S2. The van der Waals surface area contributed by atoms with Gasteiger partial charge in [0.05, 0.1) is 10.6 Å². The highest BCUT2D eigenvalue weighted by Gasteiger charge is 2.46. The van der Waals surface area contributed by atoms with Gasteiger partial charge in [-0.1, -0.05) is 50.2 Å². The van der Waals surface area contributed by atoms with E-state index in [1.807, 2.05) is 24.3 Å². The van der Waals surface area contributed by atoms with Crippen LogP contribution in [0, 0.1) is 0 Å². The fraction of sp³-hybridized carbons (Fsp3) is 0.241. The van der Waals surface area contributed by atoms with Crippen LogP contribution in [0.3, 0.4) is 0 Å². The molecule has 1 amide bonds. The Bertz CT molecular complexity index is 1530. The van der Waals surface area contributed by atoms with E-state index < -0.39 is 15.5 Å². The van der Waals surface area contributed by atoms with Crippen LogP contribution in [0.15, 0.2) is 82.7 Å². The summed E-state index contributed by atoms with van der Waals surface area (Å²) in [4.78, 5) is 17.1. The second-order valence-corrected chi connectivity index (χ2v) is 11.9. The Labute approximate surface area is 241 Å². The summed E-state index contributed by atoms with van der Waals surface area (Å²) in [7, 11) is -5.52. The Kier molecular flexibility index (Phi) is 9.44. The lowest BCUT2D eigenvalue weighted by Gasteiger charge is -2.13. The van der Waals surface area contributed by atoms with Crippen molar-refractivity contribution >= 4 is 50.3 Å². The molecule has 0 spiro atoms. The molecule has 2 N–H and O–H groups in total. The molecule has 3 aromatic rings. The highest BCUT2D eigenvalue weighted by Crippen LogP contribution is 2.30. The van der Waals surface area contributed by atoms with E-state index in [4.69, 9.17) is 4.74 Å². The minimum Gasteiger partial charge on any atom is -0.489 e. The molecule has 1 heterocycles. The lowest BCUT2D eigenvalue weighted by molar-refractivity contribution is -0.115. The van der Waals surface area contributed by atoms with Gasteiger partial charge in [0.25, 0.3) is 5.91 Å². The van der Waals surface area contributed by atoms with E-state index in [0.29, 0.717) is 28.9 Å². The SMILES string of the molecule is CCC(CC)c1ccc(COc2ccc(C=C3SC(=Nc4ccc(NS(=O)(=O)C(F)(F)F)cc4)NC3=O)cc2)cc1. The summed E-state index contributed by atoms with van der Waals surface area (Å²) in [5.74, 6) is 0.921. The van der Waals surface area contributed by atoms with Crippen LogP contribution in [0.5, 0.6) is 5.75 Å². The van der Waals surface area contributed by atoms with Crippen LogP contribution < -0.4 is 14.8 Å². The first kappa shape index (κ1) is 30.2. The number of rotatable bonds is 10. The number of carbonyl (C=O) groups is 1. The monoisotopic (exact) mass is 603 g/mol. The highest BCUT2D eigenvalue weighted by atomic mass is 32.2. The number of anilines is 1. The van der Waals surface area contributed by atoms with Crippen molar-refractivity contribution in [3.63, 3.8) is 0 Å². The van der Waals surface area contributed by atoms with Gasteiger partial charge < -0.3 is 10.1 Å². The largest absolute Gasteiger partial charge is 0.516 e. The van der Waals surface area contributed by atoms with Crippen molar-refractivity contribution in [2.75, 3.05) is 4.72 Å². The summed E-state index contributed by atoms with van der Waals surface area (Å²) >= 11 is 1.10. The molecule has 1 fully saturated rings. The molecule has 7 nitrogen and oxygen atoms in total. The van der Waals surface area contributed by atoms with Crippen molar-refractivity contribution in [1.29, 1.82) is 0 Å². The van der Waals surface area contributed by atoms with Gasteiger partial charge in [0.1, 0.15) is 12.4 Å². The van der Waals surface area contributed by atoms with Gasteiger partial charge in [-0.25, -0.2) is 4.99 Å². The third-order valence-electron chi connectivity index (χ3n) is 6.33. The van der Waals surface area contributed by atoms with Gasteiger partial charge in [-0.15, -0.1) is 0 Å². The zero-order valence-corrected chi connectivity index (χ0v) is 23.9. The van der Waals surface area contributed by atoms with Gasteiger partial charge in [-0.05, 0) is 89.7 Å². The van der Waals surface area contributed by atoms with Crippen molar-refractivity contribution < 1.29 is 31.1 Å². The minimum absolute atomic E-state index is 0.266. The van der Waals surface area contributed by atoms with Crippen LogP contribution in [0.4, 0.5) is 24.5 Å². The first-order valence-electron chi connectivity index (χ1n) is 12.8. The van der Waals surface area contributed by atoms with Crippen LogP contribution in [0.2, 0.25) is 0 Å². The van der Waals surface area contributed by atoms with Crippen molar-refractivity contribution in [2.24, 2.45) is 4.99 Å². The topological polar surface area (TPSA) is 96.9 Å². The van der Waals surface area contributed by atoms with Crippen LogP contribution in [-0.4, -0.2) is 25.0 Å². The summed E-state index contributed by atoms with van der Waals surface area (Å²) < 4.78 is 67.5. The molecule has 1 saturated heterocycles. The number of benzene rings is 3. The fourth-order valence-corrected chi connectivity index (χ4v) is 5.44. The van der Waals surface area contributed by atoms with E-state index >= 15 is 0 Å². The third-order valence-corrected chi connectivity index (χ3v) is 8.35. The number of thioether (sulfide) groups is 1. The fourth-order valence-electron chi connectivity index (χ4n) is 4.04. The van der Waals surface area contributed by atoms with Gasteiger partial charge in [0, 0.05) is 5.69 Å². The average Bonchev–Trinajstić information content (AvgIpc) is 3.28. The maximum absolute atomic E-state index is 12.5. The summed E-state index contributed by atoms with van der Waals surface area (Å²) in [5.41, 5.74) is -2.17. The molecule has 216 valence electrons. The Balaban J connectivity index is 1.34. The number of nitrogens with one attached hydrogen (secondary N) is 2. The smallest absolute Gasteiger partial charge is 0.489 e. The molecule has 0 saturated carbocycles. The van der Waals surface area contributed by atoms with Gasteiger partial charge >= 0.3 is 15.5 Å². The van der Waals surface area contributed by atoms with Gasteiger partial charge in [-0.3, -0.25) is 9.52 Å². The second kappa shape index (κ2) is 12.8. The van der Waals surface area contributed by atoms with Crippen LogP contribution in [0.1, 0.15) is 49.3 Å². The van der Waals surface area contributed by atoms with E-state index in [0.717, 1.165) is 47.9 Å². The van der Waals surface area contributed by atoms with E-state index in [2.05, 4.69) is 48.4 Å². The lowest BCUT2D eigenvalue weighted by atomic mass is 9.93. The molecule has 0 aliphatic carbocycles. The predicted molar refractivity (Wildman–Crippen MR) is 156 cm³/mol. The number of carbonyl (C=O) groups excluding carboxylic acids is 1. The zero-order valence-electron chi connectivity index (χ0n) is 22.2. The molecule has 1 aliphatic rings. The Morgan fingerprint density at radius 3 is 2.20 bits per heavy atom. The summed E-state index contributed by atoms with van der Waals surface area (Å²) in [5, 5.41) is 2.91. The summed E-state index contributed by atoms with van der Waals surface area (Å²) in [6, 6.07) is 20.8. The number of nitrogens with zero attached hydrogens (tertiary/aromatic N) is 1. The molecular weight excluding hydrogens is 575 g/mol. The van der Waals surface area contributed by atoms with Crippen molar-refractivity contribution in [2.45, 2.75) is 44.7 Å². The normalized spacial score (nSPS) is 15.9. The molecule has 12 heteroatoms. The van der Waals surface area contributed by atoms with E-state index in [1.54, 1.807) is 6.08 Å². The summed E-state index contributed by atoms with van der Waals surface area (Å²) in [6.07, 6.45) is 3.93. The van der Waals surface area contributed by atoms with Gasteiger partial charge in [-0.2, -0.15) is 21.6 Å². The summed E-state index contributed by atoms with van der Waals surface area (Å²) in [6.45, 7) is 4.83. The number of alkyl halides is 3. The highest BCUT2D eigenvalue weighted by molar-refractivity contribution is 8.18. The number of halogens is 3. The number of amidine groups is 1. The Hall–Kier alpha value is -3.77. The van der Waals surface area contributed by atoms with Crippen molar-refractivity contribution in [3.05, 3.63) is 94.4 Å². The van der Waals surface area contributed by atoms with Crippen LogP contribution in [-0.2, 0) is 21.4 Å². The third kappa shape index (κ3) is 7.92. The molecule has 1 aliphatic heterocycles. The Morgan fingerprint density at radius 2 is 1.61 bits per heavy atom. The van der Waals surface area contributed by atoms with E-state index in [1.165, 1.54) is 22.4 Å². The van der Waals surface area contributed by atoms with Crippen LogP contribution in [0.25, 0.3) is 6.08 Å². The molecule has 0 aromatic heterocycles. The number of ether oxygens (including phenoxy) is 1. The quantitative estimate of drug-likeness (QED) is 0.237. The molecule has 0 radical (unpaired) electrons. The maximum Gasteiger partial charge on any atom is 0.516 e. The number of aliphatic imine (C=N–C) groups is 1. The molecule has 0 unspecified atom stereocenters. The number of hydrogen-bond acceptors (Lipinski definition) is 6. The second-order valence-electron chi connectivity index (χ2n) is 9.19. The zero-order chi connectivity index (χ0) is 29.6. The van der Waals surface area contributed by atoms with Crippen molar-refractivity contribution in [3.8, 4) is 5.75 Å². The maximum atomic E-state index is 12.5. The van der Waals surface area contributed by atoms with Crippen molar-refractivity contribution in [1.82, 2.24) is 5.32 Å². The number of sulfonamides is 1. The molecule has 0 atom stereocenters. The van der Waals surface area contributed by atoms with Gasteiger partial charge in [0.15, 0.2) is 5.17 Å². The molecule has 4 rings (SSSR count). The van der Waals surface area contributed by atoms with Gasteiger partial charge in [0.2, 0.25) is 0 Å². The number of hydrogen-bond donors (Lipinski definition) is 2. The predicted octanol–water partition coefficient (Wildman–Crippen LogP) is 7.32. The van der Waals surface area contributed by atoms with Crippen LogP contribution >= 0.6 is 11.8 Å². The Morgan fingerprint density at radius 1 is 0.976 bits per heavy atom. The average molecular weight is 604 g/mol. The molecule has 0 bridgehead atoms. The van der Waals surface area contributed by atoms with E-state index in [9.17, 15) is 26.4 Å². The standard InChI is InChI=1S/C29H28F3N3O4S2/c1-3-21(4-2)22-9-5-20(6-10-22)18-39-25-15-7-19(8-16-25)17-26-27(36)34-28(40-26)33-23-11-13-24(14-12-23)35-41(37,38)29(30,31)32/h5-17,21,35H,3-4,18H2,1-2H3,(H,33,34,36). The first-order valence-corrected chi connectivity index (χ1v) is 15.1. The van der Waals surface area contributed by atoms with E-state index in [-0.39, 0.29) is 16.8 Å². The first-order chi connectivity index (χ1) is 19.5. The molecule has 41 heavy (non-hydrogen) atoms. The lowest BCUT2D eigenvalue weighted by Crippen LogP contribution is -2.29. The minimum atomic E-state index is -5.52. The number of amides is 1. The molecule has 3 aromatic carbocycles.